The molecule has 0 spiro atoms. The number of nitrogens with two attached hydrogens (primary N) is 1. The zero-order chi connectivity index (χ0) is 16.8. The SMILES string of the molecule is CC(=O)N(C(=O)C(=O)NCc1ccncc1)c1cccc(N)c1. The van der Waals surface area contributed by atoms with Gasteiger partial charge in [-0.3, -0.25) is 19.4 Å². The van der Waals surface area contributed by atoms with Gasteiger partial charge in [0.05, 0.1) is 5.69 Å². The molecule has 0 saturated carbocycles. The van der Waals surface area contributed by atoms with Gasteiger partial charge in [-0.1, -0.05) is 6.07 Å². The fraction of sp³-hybridized carbons (Fsp3) is 0.125. The maximum absolute atomic E-state index is 12.3. The van der Waals surface area contributed by atoms with E-state index >= 15 is 0 Å². The van der Waals surface area contributed by atoms with Gasteiger partial charge < -0.3 is 11.1 Å². The molecule has 0 unspecified atom stereocenters. The number of pyridine rings is 1. The Hall–Kier alpha value is -3.22. The molecule has 2 rings (SSSR count). The first kappa shape index (κ1) is 16.2. The van der Waals surface area contributed by atoms with Gasteiger partial charge in [0, 0.05) is 31.5 Å². The Morgan fingerprint density at radius 1 is 1.17 bits per heavy atom. The number of carbonyl (C=O) groups is 3. The number of aromatic nitrogens is 1. The van der Waals surface area contributed by atoms with E-state index in [1.54, 1.807) is 36.7 Å². The molecule has 0 aliphatic heterocycles. The lowest BCUT2D eigenvalue weighted by Crippen LogP contribution is -2.45. The second kappa shape index (κ2) is 7.17. The van der Waals surface area contributed by atoms with Gasteiger partial charge in [0.1, 0.15) is 0 Å². The number of rotatable bonds is 3. The number of imide groups is 1. The topological polar surface area (TPSA) is 105 Å². The number of amides is 3. The zero-order valence-electron chi connectivity index (χ0n) is 12.5. The summed E-state index contributed by atoms with van der Waals surface area (Å²) in [5.41, 5.74) is 7.08. The summed E-state index contributed by atoms with van der Waals surface area (Å²) in [4.78, 5) is 40.7. The van der Waals surface area contributed by atoms with Crippen LogP contribution in [0.1, 0.15) is 12.5 Å². The quantitative estimate of drug-likeness (QED) is 0.646. The van der Waals surface area contributed by atoms with Crippen molar-refractivity contribution < 1.29 is 14.4 Å². The summed E-state index contributed by atoms with van der Waals surface area (Å²) in [6, 6.07) is 9.64. The predicted molar refractivity (Wildman–Crippen MR) is 85.1 cm³/mol. The van der Waals surface area contributed by atoms with E-state index in [1.165, 1.54) is 19.1 Å². The van der Waals surface area contributed by atoms with Crippen LogP contribution in [0.25, 0.3) is 0 Å². The standard InChI is InChI=1S/C16H16N4O3/c1-11(21)20(14-4-2-3-13(17)9-14)16(23)15(22)19-10-12-5-7-18-8-6-12/h2-9H,10,17H2,1H3,(H,19,22). The Kier molecular flexibility index (Phi) is 5.03. The zero-order valence-corrected chi connectivity index (χ0v) is 12.5. The minimum atomic E-state index is -0.961. The average molecular weight is 312 g/mol. The summed E-state index contributed by atoms with van der Waals surface area (Å²) in [5, 5.41) is 2.48. The fourth-order valence-corrected chi connectivity index (χ4v) is 1.97. The van der Waals surface area contributed by atoms with E-state index in [2.05, 4.69) is 10.3 Å². The number of benzene rings is 1. The normalized spacial score (nSPS) is 9.96. The molecule has 0 atom stereocenters. The largest absolute Gasteiger partial charge is 0.399 e. The van der Waals surface area contributed by atoms with E-state index in [0.717, 1.165) is 10.5 Å². The summed E-state index contributed by atoms with van der Waals surface area (Å²) in [6.07, 6.45) is 3.16. The summed E-state index contributed by atoms with van der Waals surface area (Å²) in [6.45, 7) is 1.37. The Bertz CT molecular complexity index is 731. The molecule has 118 valence electrons. The van der Waals surface area contributed by atoms with Crippen molar-refractivity contribution in [1.29, 1.82) is 0 Å². The molecule has 7 heteroatoms. The first-order valence-electron chi connectivity index (χ1n) is 6.86. The van der Waals surface area contributed by atoms with Gasteiger partial charge >= 0.3 is 11.8 Å². The van der Waals surface area contributed by atoms with Gasteiger partial charge in [-0.25, -0.2) is 4.90 Å². The fourth-order valence-electron chi connectivity index (χ4n) is 1.97. The molecule has 7 nitrogen and oxygen atoms in total. The third kappa shape index (κ3) is 4.13. The molecular weight excluding hydrogens is 296 g/mol. The van der Waals surface area contributed by atoms with Crippen molar-refractivity contribution >= 4 is 29.1 Å². The smallest absolute Gasteiger partial charge is 0.323 e. The lowest BCUT2D eigenvalue weighted by atomic mass is 10.2. The third-order valence-corrected chi connectivity index (χ3v) is 3.04. The van der Waals surface area contributed by atoms with Crippen LogP contribution in [-0.2, 0) is 20.9 Å². The van der Waals surface area contributed by atoms with E-state index in [-0.39, 0.29) is 12.2 Å². The third-order valence-electron chi connectivity index (χ3n) is 3.04. The predicted octanol–water partition coefficient (Wildman–Crippen LogP) is 0.860. The van der Waals surface area contributed by atoms with Crippen molar-refractivity contribution in [2.45, 2.75) is 13.5 Å². The van der Waals surface area contributed by atoms with Crippen LogP contribution >= 0.6 is 0 Å². The molecule has 0 aliphatic carbocycles. The van der Waals surface area contributed by atoms with Crippen molar-refractivity contribution in [3.05, 3.63) is 54.4 Å². The van der Waals surface area contributed by atoms with Gasteiger partial charge in [0.25, 0.3) is 0 Å². The molecular formula is C16H16N4O3. The van der Waals surface area contributed by atoms with Crippen LogP contribution in [0.2, 0.25) is 0 Å². The van der Waals surface area contributed by atoms with E-state index in [0.29, 0.717) is 5.69 Å². The first-order chi connectivity index (χ1) is 11.0. The van der Waals surface area contributed by atoms with Crippen LogP contribution in [0, 0.1) is 0 Å². The molecule has 0 bridgehead atoms. The Balaban J connectivity index is 2.11. The van der Waals surface area contributed by atoms with Crippen molar-refractivity contribution in [3.63, 3.8) is 0 Å². The van der Waals surface area contributed by atoms with E-state index in [4.69, 9.17) is 5.73 Å². The van der Waals surface area contributed by atoms with Gasteiger partial charge in [0.2, 0.25) is 5.91 Å². The second-order valence-electron chi connectivity index (χ2n) is 4.79. The molecule has 1 heterocycles. The molecule has 3 N–H and O–H groups in total. The summed E-state index contributed by atoms with van der Waals surface area (Å²) >= 11 is 0. The first-order valence-corrected chi connectivity index (χ1v) is 6.86. The molecule has 2 aromatic rings. The van der Waals surface area contributed by atoms with Gasteiger partial charge in [-0.2, -0.15) is 0 Å². The maximum Gasteiger partial charge on any atom is 0.323 e. The van der Waals surface area contributed by atoms with Crippen molar-refractivity contribution in [1.82, 2.24) is 10.3 Å². The van der Waals surface area contributed by atoms with E-state index < -0.39 is 17.7 Å². The molecule has 0 aliphatic rings. The van der Waals surface area contributed by atoms with Crippen LogP contribution < -0.4 is 16.0 Å². The molecule has 0 fully saturated rings. The average Bonchev–Trinajstić information content (AvgIpc) is 2.53. The number of anilines is 2. The van der Waals surface area contributed by atoms with Crippen molar-refractivity contribution in [2.75, 3.05) is 10.6 Å². The van der Waals surface area contributed by atoms with Gasteiger partial charge in [0.15, 0.2) is 0 Å². The number of nitrogens with one attached hydrogen (secondary N) is 1. The minimum Gasteiger partial charge on any atom is -0.399 e. The van der Waals surface area contributed by atoms with Gasteiger partial charge in [-0.05, 0) is 35.9 Å². The Morgan fingerprint density at radius 2 is 1.87 bits per heavy atom. The highest BCUT2D eigenvalue weighted by Gasteiger charge is 2.26. The van der Waals surface area contributed by atoms with Crippen LogP contribution in [0.3, 0.4) is 0 Å². The molecule has 0 radical (unpaired) electrons. The van der Waals surface area contributed by atoms with E-state index in [1.807, 2.05) is 0 Å². The van der Waals surface area contributed by atoms with Gasteiger partial charge in [-0.15, -0.1) is 0 Å². The Labute approximate surface area is 133 Å². The second-order valence-corrected chi connectivity index (χ2v) is 4.79. The summed E-state index contributed by atoms with van der Waals surface area (Å²) in [7, 11) is 0. The highest BCUT2D eigenvalue weighted by Crippen LogP contribution is 2.18. The number of hydrogen-bond donors (Lipinski definition) is 2. The summed E-state index contributed by atoms with van der Waals surface area (Å²) in [5.74, 6) is -2.41. The van der Waals surface area contributed by atoms with Crippen LogP contribution in [0.5, 0.6) is 0 Å². The maximum atomic E-state index is 12.3. The summed E-state index contributed by atoms with van der Waals surface area (Å²) < 4.78 is 0. The Morgan fingerprint density at radius 3 is 2.48 bits per heavy atom. The molecule has 0 saturated heterocycles. The highest BCUT2D eigenvalue weighted by molar-refractivity contribution is 6.45. The highest BCUT2D eigenvalue weighted by atomic mass is 16.2. The minimum absolute atomic E-state index is 0.162. The van der Waals surface area contributed by atoms with E-state index in [9.17, 15) is 14.4 Å². The van der Waals surface area contributed by atoms with Crippen LogP contribution in [0.15, 0.2) is 48.8 Å². The number of hydrogen-bond acceptors (Lipinski definition) is 5. The lowest BCUT2D eigenvalue weighted by molar-refractivity contribution is -0.139. The number of nitrogens with zero attached hydrogens (tertiary/aromatic N) is 2. The van der Waals surface area contributed by atoms with Crippen molar-refractivity contribution in [2.24, 2.45) is 0 Å². The number of nitrogen functional groups attached to an aromatic ring is 1. The van der Waals surface area contributed by atoms with Crippen LogP contribution in [-0.4, -0.2) is 22.7 Å². The molecule has 1 aromatic heterocycles. The number of carbonyl (C=O) groups excluding carboxylic acids is 3. The van der Waals surface area contributed by atoms with Crippen molar-refractivity contribution in [3.8, 4) is 0 Å². The molecule has 3 amide bonds. The lowest BCUT2D eigenvalue weighted by Gasteiger charge is -2.19. The molecule has 23 heavy (non-hydrogen) atoms. The van der Waals surface area contributed by atoms with Crippen LogP contribution in [0.4, 0.5) is 11.4 Å². The molecule has 1 aromatic carbocycles. The monoisotopic (exact) mass is 312 g/mol.